The van der Waals surface area contributed by atoms with Crippen molar-refractivity contribution < 1.29 is 80.2 Å². The molecule has 0 heterocycles. The Morgan fingerprint density at radius 3 is 1.58 bits per heavy atom. The predicted molar refractivity (Wildman–Crippen MR) is 88.3 cm³/mol. The Kier molecular flexibility index (Phi) is 9.85. The van der Waals surface area contributed by atoms with E-state index < -0.39 is 72.7 Å². The second-order valence-corrected chi connectivity index (χ2v) is 7.02. The Morgan fingerprint density at radius 1 is 0.778 bits per heavy atom. The van der Waals surface area contributed by atoms with Crippen LogP contribution in [0.2, 0.25) is 0 Å². The van der Waals surface area contributed by atoms with E-state index in [1.165, 1.54) is 0 Å². The maximum absolute atomic E-state index is 13.9. The molecule has 0 saturated heterocycles. The first-order valence-corrected chi connectivity index (χ1v) is 9.24. The molecule has 19 heteroatoms. The average Bonchev–Trinajstić information content (AvgIpc) is 2.71. The van der Waals surface area contributed by atoms with Crippen molar-refractivity contribution in [1.29, 1.82) is 0 Å². The zero-order valence-electron chi connectivity index (χ0n) is 17.6. The van der Waals surface area contributed by atoms with Crippen molar-refractivity contribution in [2.45, 2.75) is 73.9 Å². The van der Waals surface area contributed by atoms with Gasteiger partial charge in [-0.15, -0.1) is 6.58 Å². The van der Waals surface area contributed by atoms with E-state index in [9.17, 15) is 75.4 Å². The molecule has 0 aromatic heterocycles. The van der Waals surface area contributed by atoms with E-state index in [4.69, 9.17) is 0 Å². The van der Waals surface area contributed by atoms with E-state index in [1.54, 1.807) is 6.92 Å². The molecule has 1 unspecified atom stereocenters. The molecule has 0 radical (unpaired) electrons. The second-order valence-electron chi connectivity index (χ2n) is 7.02. The predicted octanol–water partition coefficient (Wildman–Crippen LogP) is 5.76. The largest absolute Gasteiger partial charge is 0.464 e. The summed E-state index contributed by atoms with van der Waals surface area (Å²) in [6.07, 6.45) is -7.45. The topological polar surface area (TPSA) is 55.4 Å². The summed E-state index contributed by atoms with van der Waals surface area (Å²) in [5.74, 6) is -54.0. The fraction of sp³-hybridized carbons (Fsp3) is 0.765. The lowest BCUT2D eigenvalue weighted by Gasteiger charge is -2.41. The number of alkyl halides is 15. The monoisotopic (exact) mass is 567 g/mol. The zero-order valence-corrected chi connectivity index (χ0v) is 17.6. The zero-order chi connectivity index (χ0) is 29.2. The number of hydrogen-bond donors (Lipinski definition) is 1. The molecule has 0 fully saturated rings. The standard InChI is InChI=1S/C17H16F15NO3/c1-3-5-7-36-9(34)8(6-4-2)33-10(35)11(18,19)12(20,21)13(22,23)14(24,25)15(26,27)16(28,29)17(30,31)32/h4,8H,2-3,5-7H2,1H3,(H,33,35). The van der Waals surface area contributed by atoms with E-state index in [0.29, 0.717) is 17.8 Å². The smallest absolute Gasteiger partial charge is 0.460 e. The summed E-state index contributed by atoms with van der Waals surface area (Å²) < 4.78 is 202. The minimum Gasteiger partial charge on any atom is -0.464 e. The van der Waals surface area contributed by atoms with Gasteiger partial charge in [-0.2, -0.15) is 65.9 Å². The van der Waals surface area contributed by atoms with Gasteiger partial charge < -0.3 is 10.1 Å². The van der Waals surface area contributed by atoms with Gasteiger partial charge in [-0.05, 0) is 12.8 Å². The van der Waals surface area contributed by atoms with Crippen LogP contribution in [0.3, 0.4) is 0 Å². The van der Waals surface area contributed by atoms with Crippen molar-refractivity contribution in [2.75, 3.05) is 6.61 Å². The fourth-order valence-corrected chi connectivity index (χ4v) is 2.16. The van der Waals surface area contributed by atoms with E-state index in [1.807, 2.05) is 0 Å². The van der Waals surface area contributed by atoms with E-state index in [-0.39, 0.29) is 6.42 Å². The summed E-state index contributed by atoms with van der Waals surface area (Å²) in [5, 5.41) is 0.699. The molecule has 0 bridgehead atoms. The molecular weight excluding hydrogens is 551 g/mol. The number of amides is 1. The molecular formula is C17H16F15NO3. The van der Waals surface area contributed by atoms with Gasteiger partial charge >= 0.3 is 47.7 Å². The van der Waals surface area contributed by atoms with Gasteiger partial charge in [0.05, 0.1) is 6.61 Å². The number of rotatable bonds is 13. The molecule has 0 saturated carbocycles. The summed E-state index contributed by atoms with van der Waals surface area (Å²) in [5.41, 5.74) is 0. The van der Waals surface area contributed by atoms with Crippen LogP contribution in [0.4, 0.5) is 65.9 Å². The quantitative estimate of drug-likeness (QED) is 0.133. The minimum atomic E-state index is -8.52. The van der Waals surface area contributed by atoms with Crippen molar-refractivity contribution in [2.24, 2.45) is 0 Å². The number of esters is 1. The van der Waals surface area contributed by atoms with Gasteiger partial charge in [-0.25, -0.2) is 4.79 Å². The van der Waals surface area contributed by atoms with Crippen LogP contribution in [0.1, 0.15) is 26.2 Å². The average molecular weight is 567 g/mol. The lowest BCUT2D eigenvalue weighted by atomic mass is 9.90. The first-order valence-electron chi connectivity index (χ1n) is 9.24. The van der Waals surface area contributed by atoms with Crippen LogP contribution in [0, 0.1) is 0 Å². The van der Waals surface area contributed by atoms with E-state index in [2.05, 4.69) is 11.3 Å². The maximum atomic E-state index is 13.9. The number of carbonyl (C=O) groups is 2. The molecule has 36 heavy (non-hydrogen) atoms. The lowest BCUT2D eigenvalue weighted by molar-refractivity contribution is -0.449. The second kappa shape index (κ2) is 10.5. The molecule has 4 nitrogen and oxygen atoms in total. The Bertz CT molecular complexity index is 808. The maximum Gasteiger partial charge on any atom is 0.460 e. The van der Waals surface area contributed by atoms with Crippen LogP contribution in [0.25, 0.3) is 0 Å². The summed E-state index contributed by atoms with van der Waals surface area (Å²) >= 11 is 0. The van der Waals surface area contributed by atoms with E-state index >= 15 is 0 Å². The Labute approximate surface area is 191 Å². The van der Waals surface area contributed by atoms with Gasteiger partial charge in [-0.3, -0.25) is 4.79 Å². The van der Waals surface area contributed by atoms with Crippen LogP contribution < -0.4 is 5.32 Å². The third-order valence-electron chi connectivity index (χ3n) is 4.35. The molecule has 0 aromatic rings. The minimum absolute atomic E-state index is 0.146. The highest BCUT2D eigenvalue weighted by molar-refractivity contribution is 5.89. The first-order chi connectivity index (χ1) is 15.8. The van der Waals surface area contributed by atoms with Crippen LogP contribution in [0.15, 0.2) is 12.7 Å². The van der Waals surface area contributed by atoms with Gasteiger partial charge in [0.2, 0.25) is 0 Å². The van der Waals surface area contributed by atoms with Gasteiger partial charge in [0.25, 0.3) is 5.91 Å². The molecule has 0 aromatic carbocycles. The molecule has 1 N–H and O–H groups in total. The highest BCUT2D eigenvalue weighted by Gasteiger charge is 2.94. The molecule has 0 aliphatic rings. The highest BCUT2D eigenvalue weighted by Crippen LogP contribution is 2.62. The highest BCUT2D eigenvalue weighted by atomic mass is 19.4. The number of halogens is 15. The van der Waals surface area contributed by atoms with Crippen molar-refractivity contribution >= 4 is 11.9 Å². The summed E-state index contributed by atoms with van der Waals surface area (Å²) in [7, 11) is 0. The van der Waals surface area contributed by atoms with Crippen molar-refractivity contribution in [1.82, 2.24) is 5.32 Å². The summed E-state index contributed by atoms with van der Waals surface area (Å²) in [6.45, 7) is 4.12. The summed E-state index contributed by atoms with van der Waals surface area (Å²) in [6, 6.07) is -2.39. The Balaban J connectivity index is 6.34. The summed E-state index contributed by atoms with van der Waals surface area (Å²) in [4.78, 5) is 23.3. The SMILES string of the molecule is C=CCC(NC(=O)C(F)(F)C(F)(F)C(F)(F)C(F)(F)C(F)(F)C(F)(F)C(F)(F)F)C(=O)OCCCC. The third-order valence-corrected chi connectivity index (χ3v) is 4.35. The Hall–Kier alpha value is -2.37. The molecule has 212 valence electrons. The van der Waals surface area contributed by atoms with Crippen molar-refractivity contribution in [3.63, 3.8) is 0 Å². The van der Waals surface area contributed by atoms with Gasteiger partial charge in [0.15, 0.2) is 0 Å². The van der Waals surface area contributed by atoms with Crippen LogP contribution >= 0.6 is 0 Å². The molecule has 1 atom stereocenters. The fourth-order valence-electron chi connectivity index (χ4n) is 2.16. The molecule has 0 aliphatic heterocycles. The number of unbranched alkanes of at least 4 members (excludes halogenated alkanes) is 1. The third kappa shape index (κ3) is 5.47. The number of hydrogen-bond acceptors (Lipinski definition) is 3. The number of nitrogens with one attached hydrogen (secondary N) is 1. The molecule has 1 amide bonds. The van der Waals surface area contributed by atoms with Gasteiger partial charge in [0, 0.05) is 0 Å². The molecule has 0 spiro atoms. The van der Waals surface area contributed by atoms with Crippen molar-refractivity contribution in [3.05, 3.63) is 12.7 Å². The van der Waals surface area contributed by atoms with Gasteiger partial charge in [-0.1, -0.05) is 19.4 Å². The molecule has 0 rings (SSSR count). The van der Waals surface area contributed by atoms with Crippen LogP contribution in [-0.4, -0.2) is 66.2 Å². The normalized spacial score (nSPS) is 15.3. The molecule has 0 aliphatic carbocycles. The Morgan fingerprint density at radius 2 is 1.19 bits per heavy atom. The lowest BCUT2D eigenvalue weighted by Crippen LogP contribution is -2.74. The van der Waals surface area contributed by atoms with Gasteiger partial charge in [0.1, 0.15) is 6.04 Å². The number of ether oxygens (including phenoxy) is 1. The first kappa shape index (κ1) is 33.6. The van der Waals surface area contributed by atoms with E-state index in [0.717, 1.165) is 0 Å². The van der Waals surface area contributed by atoms with Crippen LogP contribution in [-0.2, 0) is 14.3 Å². The van der Waals surface area contributed by atoms with Crippen molar-refractivity contribution in [3.8, 4) is 0 Å². The number of carbonyl (C=O) groups excluding carboxylic acids is 2. The van der Waals surface area contributed by atoms with Crippen LogP contribution in [0.5, 0.6) is 0 Å².